The highest BCUT2D eigenvalue weighted by Crippen LogP contribution is 2.30. The zero-order valence-electron chi connectivity index (χ0n) is 26.9. The molecular weight excluding hydrogens is 542 g/mol. The first-order chi connectivity index (χ1) is 22.4. The van der Waals surface area contributed by atoms with Gasteiger partial charge in [-0.1, -0.05) is 121 Å². The highest BCUT2D eigenvalue weighted by molar-refractivity contribution is 5.73. The Bertz CT molecular complexity index is 1460. The number of amides is 1. The van der Waals surface area contributed by atoms with E-state index in [1.807, 2.05) is 121 Å². The lowest BCUT2D eigenvalue weighted by Gasteiger charge is -2.46. The van der Waals surface area contributed by atoms with E-state index in [1.54, 1.807) is 0 Å². The van der Waals surface area contributed by atoms with Gasteiger partial charge in [0.1, 0.15) is 24.4 Å². The molecule has 4 aromatic carbocycles. The van der Waals surface area contributed by atoms with Gasteiger partial charge in [0.05, 0.1) is 33.0 Å². The van der Waals surface area contributed by atoms with Crippen LogP contribution in [0.15, 0.2) is 121 Å². The summed E-state index contributed by atoms with van der Waals surface area (Å²) in [5.41, 5.74) is 3.75. The Hall–Kier alpha value is -3.85. The first-order valence-corrected chi connectivity index (χ1v) is 14.4. The van der Waals surface area contributed by atoms with Gasteiger partial charge in [-0.05, 0) is 22.3 Å². The van der Waals surface area contributed by atoms with E-state index in [4.69, 9.17) is 27.8 Å². The number of ether oxygens (including phenoxy) is 5. The van der Waals surface area contributed by atoms with E-state index in [0.29, 0.717) is 6.61 Å². The minimum absolute atomic E-state index is 0.0884. The van der Waals surface area contributed by atoms with Crippen molar-refractivity contribution in [2.45, 2.75) is 63.9 Å². The monoisotopic (exact) mass is 584 g/mol. The molecule has 1 fully saturated rings. The van der Waals surface area contributed by atoms with Gasteiger partial charge >= 0.3 is 0 Å². The molecular formula is C36H39NO6. The predicted molar refractivity (Wildman–Crippen MR) is 164 cm³/mol. The van der Waals surface area contributed by atoms with Crippen LogP contribution in [0.4, 0.5) is 0 Å². The van der Waals surface area contributed by atoms with Crippen molar-refractivity contribution in [3.8, 4) is 0 Å². The van der Waals surface area contributed by atoms with E-state index in [1.165, 1.54) is 0 Å². The van der Waals surface area contributed by atoms with Gasteiger partial charge in [-0.15, -0.1) is 0 Å². The second-order valence-corrected chi connectivity index (χ2v) is 10.4. The summed E-state index contributed by atoms with van der Waals surface area (Å²) in [5.74, 6) is -1.15. The van der Waals surface area contributed by atoms with Crippen LogP contribution < -0.4 is 5.32 Å². The summed E-state index contributed by atoms with van der Waals surface area (Å²) < 4.78 is 55.2. The van der Waals surface area contributed by atoms with Crippen molar-refractivity contribution in [1.82, 2.24) is 5.32 Å². The minimum Gasteiger partial charge on any atom is -0.374 e. The van der Waals surface area contributed by atoms with Gasteiger partial charge in [0, 0.05) is 11.0 Å². The van der Waals surface area contributed by atoms with Crippen molar-refractivity contribution >= 4 is 5.91 Å². The second-order valence-electron chi connectivity index (χ2n) is 10.4. The number of benzene rings is 4. The Morgan fingerprint density at radius 2 is 1.05 bits per heavy atom. The molecule has 0 radical (unpaired) electrons. The molecule has 224 valence electrons. The molecule has 0 bridgehead atoms. The maximum atomic E-state index is 12.8. The number of carbonyl (C=O) groups is 1. The SMILES string of the molecule is [2H]C([2H])([2H])C(=O)N[C@@H]1O[C@H](COCc2ccccc2)[C@@H](OCc2ccccc2)[C@H](OCc2ccccc2)[C@H]1OCc1ccccc1. The zero-order valence-corrected chi connectivity index (χ0v) is 23.9. The van der Waals surface area contributed by atoms with Crippen LogP contribution in [-0.4, -0.2) is 43.2 Å². The average Bonchev–Trinajstić information content (AvgIpc) is 3.07. The number of nitrogens with one attached hydrogen (secondary N) is 1. The lowest BCUT2D eigenvalue weighted by atomic mass is 9.96. The first-order valence-electron chi connectivity index (χ1n) is 15.9. The Morgan fingerprint density at radius 1 is 0.628 bits per heavy atom. The van der Waals surface area contributed by atoms with Gasteiger partial charge in [0.25, 0.3) is 0 Å². The molecule has 1 N–H and O–H groups in total. The van der Waals surface area contributed by atoms with E-state index in [2.05, 4.69) is 5.32 Å². The van der Waals surface area contributed by atoms with E-state index in [9.17, 15) is 4.79 Å². The minimum atomic E-state index is -2.90. The molecule has 0 unspecified atom stereocenters. The Labute approximate surface area is 257 Å². The lowest BCUT2D eigenvalue weighted by molar-refractivity contribution is -0.277. The smallest absolute Gasteiger partial charge is 0.218 e. The van der Waals surface area contributed by atoms with Crippen LogP contribution in [0.5, 0.6) is 0 Å². The van der Waals surface area contributed by atoms with Gasteiger partial charge < -0.3 is 29.0 Å². The molecule has 43 heavy (non-hydrogen) atoms. The first kappa shape index (κ1) is 26.8. The summed E-state index contributed by atoms with van der Waals surface area (Å²) in [6, 6.07) is 38.7. The molecule has 1 aliphatic heterocycles. The molecule has 1 heterocycles. The summed E-state index contributed by atoms with van der Waals surface area (Å²) in [6.45, 7) is -1.84. The highest BCUT2D eigenvalue weighted by atomic mass is 16.6. The molecule has 7 nitrogen and oxygen atoms in total. The van der Waals surface area contributed by atoms with Crippen LogP contribution in [0, 0.1) is 0 Å². The summed E-state index contributed by atoms with van der Waals surface area (Å²) in [6.07, 6.45) is -4.33. The summed E-state index contributed by atoms with van der Waals surface area (Å²) in [7, 11) is 0. The van der Waals surface area contributed by atoms with Crippen molar-refractivity contribution < 1.29 is 32.6 Å². The van der Waals surface area contributed by atoms with Crippen molar-refractivity contribution in [3.05, 3.63) is 144 Å². The maximum absolute atomic E-state index is 12.8. The zero-order chi connectivity index (χ0) is 32.2. The molecule has 0 aliphatic carbocycles. The van der Waals surface area contributed by atoms with E-state index in [-0.39, 0.29) is 26.4 Å². The fraction of sp³-hybridized carbons (Fsp3) is 0.306. The van der Waals surface area contributed by atoms with Crippen molar-refractivity contribution in [2.24, 2.45) is 0 Å². The Kier molecular flexibility index (Phi) is 10.0. The third kappa shape index (κ3) is 9.32. The van der Waals surface area contributed by atoms with Crippen molar-refractivity contribution in [3.63, 3.8) is 0 Å². The number of hydrogen-bond donors (Lipinski definition) is 1. The molecule has 1 aliphatic rings. The quantitative estimate of drug-likeness (QED) is 0.201. The van der Waals surface area contributed by atoms with Crippen LogP contribution in [0.1, 0.15) is 33.2 Å². The average molecular weight is 585 g/mol. The number of carbonyl (C=O) groups excluding carboxylic acids is 1. The molecule has 0 saturated carbocycles. The Morgan fingerprint density at radius 3 is 1.51 bits per heavy atom. The third-order valence-electron chi connectivity index (χ3n) is 7.16. The summed E-state index contributed by atoms with van der Waals surface area (Å²) in [4.78, 5) is 12.8. The topological polar surface area (TPSA) is 75.3 Å². The largest absolute Gasteiger partial charge is 0.374 e. The molecule has 5 atom stereocenters. The van der Waals surface area contributed by atoms with Gasteiger partial charge in [-0.2, -0.15) is 0 Å². The van der Waals surface area contributed by atoms with E-state index >= 15 is 0 Å². The van der Waals surface area contributed by atoms with Crippen LogP contribution in [0.2, 0.25) is 0 Å². The van der Waals surface area contributed by atoms with Gasteiger partial charge in [0.15, 0.2) is 6.23 Å². The molecule has 7 heteroatoms. The molecule has 1 amide bonds. The van der Waals surface area contributed by atoms with Crippen molar-refractivity contribution in [1.29, 1.82) is 0 Å². The Balaban J connectivity index is 1.46. The van der Waals surface area contributed by atoms with Crippen LogP contribution in [0.3, 0.4) is 0 Å². The number of rotatable bonds is 14. The normalized spacial score (nSPS) is 23.1. The van der Waals surface area contributed by atoms with Crippen LogP contribution in [0.25, 0.3) is 0 Å². The molecule has 0 aromatic heterocycles. The summed E-state index contributed by atoms with van der Waals surface area (Å²) >= 11 is 0. The highest BCUT2D eigenvalue weighted by Gasteiger charge is 2.48. The fourth-order valence-corrected chi connectivity index (χ4v) is 5.03. The molecule has 5 rings (SSSR count). The number of hydrogen-bond acceptors (Lipinski definition) is 6. The molecule has 1 saturated heterocycles. The third-order valence-corrected chi connectivity index (χ3v) is 7.16. The van der Waals surface area contributed by atoms with E-state index < -0.39 is 43.4 Å². The van der Waals surface area contributed by atoms with E-state index in [0.717, 1.165) is 22.3 Å². The van der Waals surface area contributed by atoms with Crippen molar-refractivity contribution in [2.75, 3.05) is 6.61 Å². The van der Waals surface area contributed by atoms with Gasteiger partial charge in [0.2, 0.25) is 5.91 Å². The maximum Gasteiger partial charge on any atom is 0.218 e. The lowest BCUT2D eigenvalue weighted by Crippen LogP contribution is -2.65. The molecule has 4 aromatic rings. The summed E-state index contributed by atoms with van der Waals surface area (Å²) in [5, 5.41) is 2.57. The second kappa shape index (κ2) is 16.1. The standard InChI is InChI=1S/C36H39NO6/c1-27(38)37-36-35(42-25-31-20-12-5-13-21-31)34(41-24-30-18-10-4-11-19-30)33(40-23-29-16-8-3-9-17-29)32(43-36)26-39-22-28-14-6-2-7-15-28/h2-21,32-36H,22-26H2,1H3,(H,37,38)/t32-,33-,34+,35-,36-/m1/s1/i1D3. The van der Waals surface area contributed by atoms with Crippen LogP contribution >= 0.6 is 0 Å². The molecule has 0 spiro atoms. The van der Waals surface area contributed by atoms with Crippen LogP contribution in [-0.2, 0) is 54.9 Å². The van der Waals surface area contributed by atoms with Gasteiger partial charge in [-0.3, -0.25) is 4.79 Å². The van der Waals surface area contributed by atoms with Gasteiger partial charge in [-0.25, -0.2) is 0 Å². The fourth-order valence-electron chi connectivity index (χ4n) is 5.03. The predicted octanol–water partition coefficient (Wildman–Crippen LogP) is 5.82.